The van der Waals surface area contributed by atoms with Crippen LogP contribution in [0.1, 0.15) is 97.6 Å². The van der Waals surface area contributed by atoms with Gasteiger partial charge in [-0.1, -0.05) is 182 Å². The molecular weight excluding hydrogens is 905 g/mol. The molecule has 10 nitrogen and oxygen atoms in total. The molecule has 9 rings (SSSR count). The summed E-state index contributed by atoms with van der Waals surface area (Å²) >= 11 is 0. The Morgan fingerprint density at radius 3 is 1.01 bits per heavy atom. The Morgan fingerprint density at radius 2 is 0.667 bits per heavy atom. The SMILES string of the molecule is OC(CC1(OCc2ccccc2)CCCC(COCc2ccccc2)O1)(C1(OCc2ccccc2)CCCC(COCc2ccccc2)O1)C1(OCc2ccccc2)CCCC(COCc2ccccc2)O1. The zero-order valence-corrected chi connectivity index (χ0v) is 41.6. The van der Waals surface area contributed by atoms with Crippen LogP contribution >= 0.6 is 0 Å². The fourth-order valence-corrected chi connectivity index (χ4v) is 10.6. The van der Waals surface area contributed by atoms with Crippen molar-refractivity contribution in [3.8, 4) is 0 Å². The molecule has 0 spiro atoms. The Kier molecular flexibility index (Phi) is 18.5. The predicted molar refractivity (Wildman–Crippen MR) is 276 cm³/mol. The first-order chi connectivity index (χ1) is 35.4. The molecule has 1 N–H and O–H groups in total. The van der Waals surface area contributed by atoms with Crippen molar-refractivity contribution in [2.24, 2.45) is 0 Å². The molecule has 6 unspecified atom stereocenters. The molecular formula is C62H72O10. The molecule has 72 heavy (non-hydrogen) atoms. The van der Waals surface area contributed by atoms with Crippen LogP contribution in [0.25, 0.3) is 0 Å². The first-order valence-electron chi connectivity index (χ1n) is 26.1. The highest BCUT2D eigenvalue weighted by Crippen LogP contribution is 2.55. The van der Waals surface area contributed by atoms with Gasteiger partial charge in [-0.05, 0) is 71.9 Å². The predicted octanol–water partition coefficient (Wildman–Crippen LogP) is 12.2. The van der Waals surface area contributed by atoms with Gasteiger partial charge < -0.3 is 47.7 Å². The van der Waals surface area contributed by atoms with Crippen molar-refractivity contribution in [2.45, 2.75) is 145 Å². The Hall–Kier alpha value is -5.08. The van der Waals surface area contributed by atoms with Crippen LogP contribution < -0.4 is 0 Å². The number of benzene rings is 6. The van der Waals surface area contributed by atoms with Crippen molar-refractivity contribution in [1.82, 2.24) is 0 Å². The lowest BCUT2D eigenvalue weighted by atomic mass is 9.71. The second kappa shape index (κ2) is 25.7. The Balaban J connectivity index is 1.13. The van der Waals surface area contributed by atoms with Crippen LogP contribution in [0, 0.1) is 0 Å². The van der Waals surface area contributed by atoms with Crippen LogP contribution in [0.2, 0.25) is 0 Å². The molecule has 3 fully saturated rings. The first-order valence-corrected chi connectivity index (χ1v) is 26.1. The third kappa shape index (κ3) is 13.7. The molecule has 0 aromatic heterocycles. The van der Waals surface area contributed by atoms with Crippen molar-refractivity contribution < 1.29 is 47.7 Å². The van der Waals surface area contributed by atoms with Crippen LogP contribution in [-0.4, -0.2) is 66.2 Å². The Morgan fingerprint density at radius 1 is 0.375 bits per heavy atom. The molecule has 3 aliphatic heterocycles. The molecule has 3 heterocycles. The third-order valence-corrected chi connectivity index (χ3v) is 14.2. The summed E-state index contributed by atoms with van der Waals surface area (Å²) in [6.45, 7) is 2.70. The van der Waals surface area contributed by atoms with Gasteiger partial charge in [0.05, 0.1) is 77.8 Å². The highest BCUT2D eigenvalue weighted by molar-refractivity contribution is 5.20. The first kappa shape index (κ1) is 51.8. The van der Waals surface area contributed by atoms with Gasteiger partial charge in [-0.3, -0.25) is 0 Å². The summed E-state index contributed by atoms with van der Waals surface area (Å²) in [5, 5.41) is 15.0. The average molecular weight is 977 g/mol. The molecule has 6 atom stereocenters. The number of rotatable bonds is 25. The van der Waals surface area contributed by atoms with Crippen molar-refractivity contribution in [1.29, 1.82) is 0 Å². The fourth-order valence-electron chi connectivity index (χ4n) is 10.6. The monoisotopic (exact) mass is 977 g/mol. The second-order valence-electron chi connectivity index (χ2n) is 19.7. The van der Waals surface area contributed by atoms with Gasteiger partial charge in [0.2, 0.25) is 11.6 Å². The lowest BCUT2D eigenvalue weighted by Crippen LogP contribution is -2.76. The molecule has 3 saturated heterocycles. The minimum Gasteiger partial charge on any atom is -0.379 e. The van der Waals surface area contributed by atoms with Gasteiger partial charge >= 0.3 is 0 Å². The van der Waals surface area contributed by atoms with Gasteiger partial charge in [-0.15, -0.1) is 0 Å². The molecule has 6 aromatic rings. The molecule has 6 aromatic carbocycles. The summed E-state index contributed by atoms with van der Waals surface area (Å²) in [5.41, 5.74) is 3.96. The summed E-state index contributed by atoms with van der Waals surface area (Å²) in [7, 11) is 0. The molecule has 0 bridgehead atoms. The van der Waals surface area contributed by atoms with Gasteiger partial charge in [-0.25, -0.2) is 0 Å². The quantitative estimate of drug-likeness (QED) is 0.0596. The van der Waals surface area contributed by atoms with E-state index in [4.69, 9.17) is 42.6 Å². The summed E-state index contributed by atoms with van der Waals surface area (Å²) in [4.78, 5) is 0. The van der Waals surface area contributed by atoms with E-state index >= 15 is 5.11 Å². The highest BCUT2D eigenvalue weighted by Gasteiger charge is 2.71. The summed E-state index contributed by atoms with van der Waals surface area (Å²) in [5.74, 6) is -4.83. The van der Waals surface area contributed by atoms with E-state index in [-0.39, 0.29) is 45.6 Å². The smallest absolute Gasteiger partial charge is 0.203 e. The standard InChI is InChI=1S/C62H72O10/c63-60(61(68-44-54-30-15-5-16-31-54)38-20-35-57(71-61)47-65-41-51-24-9-2-10-25-51,62(69-45-55-32-17-6-18-33-55)39-21-36-58(72-62)48-66-42-52-26-11-3-12-27-52)49-59(67-43-53-28-13-4-14-29-53)37-19-34-56(70-59)46-64-40-50-22-7-1-8-23-50/h1-18,22-33,56-58,63H,19-21,34-49H2. The minimum atomic E-state index is -2.09. The summed E-state index contributed by atoms with van der Waals surface area (Å²) < 4.78 is 63.5. The lowest BCUT2D eigenvalue weighted by Gasteiger charge is -2.60. The molecule has 0 aliphatic carbocycles. The maximum Gasteiger partial charge on any atom is 0.203 e. The highest BCUT2D eigenvalue weighted by atomic mass is 16.8. The maximum atomic E-state index is 15.0. The van der Waals surface area contributed by atoms with Crippen LogP contribution in [-0.2, 0) is 82.3 Å². The van der Waals surface area contributed by atoms with Crippen molar-refractivity contribution >= 4 is 0 Å². The van der Waals surface area contributed by atoms with E-state index in [9.17, 15) is 0 Å². The van der Waals surface area contributed by atoms with E-state index in [0.29, 0.717) is 71.4 Å². The van der Waals surface area contributed by atoms with Crippen molar-refractivity contribution in [3.63, 3.8) is 0 Å². The third-order valence-electron chi connectivity index (χ3n) is 14.2. The van der Waals surface area contributed by atoms with E-state index in [1.165, 1.54) is 0 Å². The van der Waals surface area contributed by atoms with Gasteiger partial charge in [0.15, 0.2) is 11.4 Å². The van der Waals surface area contributed by atoms with E-state index in [1.54, 1.807) is 0 Å². The molecule has 380 valence electrons. The largest absolute Gasteiger partial charge is 0.379 e. The molecule has 0 amide bonds. The van der Waals surface area contributed by atoms with Gasteiger partial charge in [0.25, 0.3) is 0 Å². The van der Waals surface area contributed by atoms with E-state index < -0.39 is 35.2 Å². The van der Waals surface area contributed by atoms with Crippen LogP contribution in [0.4, 0.5) is 0 Å². The molecule has 0 radical (unpaired) electrons. The Labute approximate surface area is 426 Å². The van der Waals surface area contributed by atoms with Crippen LogP contribution in [0.3, 0.4) is 0 Å². The van der Waals surface area contributed by atoms with E-state index in [2.05, 4.69) is 36.4 Å². The fraction of sp³-hybridized carbons (Fsp3) is 0.419. The zero-order chi connectivity index (χ0) is 49.2. The molecule has 0 saturated carbocycles. The molecule has 3 aliphatic rings. The van der Waals surface area contributed by atoms with Gasteiger partial charge in [-0.2, -0.15) is 0 Å². The van der Waals surface area contributed by atoms with Crippen LogP contribution in [0.5, 0.6) is 0 Å². The lowest BCUT2D eigenvalue weighted by molar-refractivity contribution is -0.464. The van der Waals surface area contributed by atoms with Crippen molar-refractivity contribution in [3.05, 3.63) is 215 Å². The topological polar surface area (TPSA) is 103 Å². The number of ether oxygens (including phenoxy) is 9. The van der Waals surface area contributed by atoms with Crippen molar-refractivity contribution in [2.75, 3.05) is 19.8 Å². The van der Waals surface area contributed by atoms with E-state index in [0.717, 1.165) is 46.2 Å². The van der Waals surface area contributed by atoms with Crippen LogP contribution in [0.15, 0.2) is 182 Å². The van der Waals surface area contributed by atoms with Gasteiger partial charge in [0, 0.05) is 25.7 Å². The maximum absolute atomic E-state index is 15.0. The number of hydrogen-bond donors (Lipinski definition) is 1. The normalized spacial score (nSPS) is 25.4. The zero-order valence-electron chi connectivity index (χ0n) is 41.6. The van der Waals surface area contributed by atoms with E-state index in [1.807, 2.05) is 146 Å². The number of aliphatic hydroxyl groups is 1. The Bertz CT molecular complexity index is 2340. The molecule has 10 heteroatoms. The summed E-state index contributed by atoms with van der Waals surface area (Å²) in [6, 6.07) is 60.7. The second-order valence-corrected chi connectivity index (χ2v) is 19.7. The van der Waals surface area contributed by atoms with Gasteiger partial charge in [0.1, 0.15) is 0 Å². The minimum absolute atomic E-state index is 0.110. The average Bonchev–Trinajstić information content (AvgIpc) is 3.43. The number of hydrogen-bond acceptors (Lipinski definition) is 10. The summed E-state index contributed by atoms with van der Waals surface area (Å²) in [6.07, 6.45) is 4.04.